The summed E-state index contributed by atoms with van der Waals surface area (Å²) in [5.74, 6) is 2.75. The quantitative estimate of drug-likeness (QED) is 0.760. The van der Waals surface area contributed by atoms with Crippen LogP contribution in [0.1, 0.15) is 37.1 Å². The summed E-state index contributed by atoms with van der Waals surface area (Å²) in [6.45, 7) is 7.07. The maximum absolute atomic E-state index is 5.72. The van der Waals surface area contributed by atoms with E-state index in [4.69, 9.17) is 15.9 Å². The van der Waals surface area contributed by atoms with Gasteiger partial charge in [0.25, 0.3) is 0 Å². The third-order valence-electron chi connectivity index (χ3n) is 4.64. The summed E-state index contributed by atoms with van der Waals surface area (Å²) in [6.07, 6.45) is 8.39. The van der Waals surface area contributed by atoms with Crippen LogP contribution in [0.15, 0.2) is 18.2 Å². The average molecular weight is 339 g/mol. The molecular weight excluding hydrogens is 314 g/mol. The number of aryl methyl sites for hydroxylation is 2. The molecule has 0 aliphatic carbocycles. The summed E-state index contributed by atoms with van der Waals surface area (Å²) in [6, 6.07) is 6.18. The zero-order valence-electron chi connectivity index (χ0n) is 15.0. The van der Waals surface area contributed by atoms with Gasteiger partial charge in [-0.05, 0) is 37.0 Å². The third kappa shape index (κ3) is 3.92. The van der Waals surface area contributed by atoms with E-state index >= 15 is 0 Å². The monoisotopic (exact) mass is 339 g/mol. The first-order chi connectivity index (χ1) is 12.3. The van der Waals surface area contributed by atoms with Crippen molar-refractivity contribution in [3.8, 4) is 23.6 Å². The first-order valence-corrected chi connectivity index (χ1v) is 8.98. The molecule has 0 bridgehead atoms. The Hall–Kier alpha value is -2.16. The van der Waals surface area contributed by atoms with Gasteiger partial charge in [0, 0.05) is 17.7 Å². The maximum atomic E-state index is 5.72. The van der Waals surface area contributed by atoms with Gasteiger partial charge in [0.2, 0.25) is 0 Å². The number of aromatic nitrogens is 3. The van der Waals surface area contributed by atoms with Crippen molar-refractivity contribution < 1.29 is 9.47 Å². The highest BCUT2D eigenvalue weighted by Crippen LogP contribution is 2.25. The second-order valence-corrected chi connectivity index (χ2v) is 6.19. The van der Waals surface area contributed by atoms with Gasteiger partial charge in [-0.25, -0.2) is 4.68 Å². The highest BCUT2D eigenvalue weighted by molar-refractivity contribution is 5.64. The SMILES string of the molecule is C#Cc1ccc(-c2nnn(CCC3COCCO3)c2CC)cc1CC. The molecule has 2 aromatic rings. The van der Waals surface area contributed by atoms with Crippen molar-refractivity contribution in [1.29, 1.82) is 0 Å². The molecule has 5 nitrogen and oxygen atoms in total. The Morgan fingerprint density at radius 3 is 2.84 bits per heavy atom. The molecule has 1 atom stereocenters. The molecule has 3 rings (SSSR count). The van der Waals surface area contributed by atoms with E-state index in [1.54, 1.807) is 0 Å². The van der Waals surface area contributed by atoms with Crippen LogP contribution in [0.4, 0.5) is 0 Å². The molecule has 132 valence electrons. The molecule has 1 unspecified atom stereocenters. The zero-order valence-corrected chi connectivity index (χ0v) is 15.0. The number of nitrogens with zero attached hydrogens (tertiary/aromatic N) is 3. The normalized spacial score (nSPS) is 17.4. The molecule has 0 spiro atoms. The van der Waals surface area contributed by atoms with Crippen LogP contribution in [-0.2, 0) is 28.9 Å². The van der Waals surface area contributed by atoms with Gasteiger partial charge in [0.05, 0.1) is 31.6 Å². The number of rotatable bonds is 6. The first kappa shape index (κ1) is 17.7. The second-order valence-electron chi connectivity index (χ2n) is 6.19. The van der Waals surface area contributed by atoms with Crippen LogP contribution in [0.2, 0.25) is 0 Å². The second kappa shape index (κ2) is 8.28. The molecule has 5 heteroatoms. The minimum absolute atomic E-state index is 0.146. The fourth-order valence-electron chi connectivity index (χ4n) is 3.23. The molecule has 1 saturated heterocycles. The molecule has 1 aliphatic rings. The van der Waals surface area contributed by atoms with E-state index in [0.29, 0.717) is 19.8 Å². The predicted octanol–water partition coefficient (Wildman–Crippen LogP) is 2.86. The van der Waals surface area contributed by atoms with Gasteiger partial charge < -0.3 is 9.47 Å². The van der Waals surface area contributed by atoms with Crippen molar-refractivity contribution in [3.05, 3.63) is 35.0 Å². The lowest BCUT2D eigenvalue weighted by Crippen LogP contribution is -2.29. The topological polar surface area (TPSA) is 49.2 Å². The fourth-order valence-corrected chi connectivity index (χ4v) is 3.23. The predicted molar refractivity (Wildman–Crippen MR) is 97.3 cm³/mol. The zero-order chi connectivity index (χ0) is 17.6. The van der Waals surface area contributed by atoms with Crippen molar-refractivity contribution in [2.75, 3.05) is 19.8 Å². The molecule has 0 saturated carbocycles. The minimum atomic E-state index is 0.146. The molecular formula is C20H25N3O2. The smallest absolute Gasteiger partial charge is 0.116 e. The molecule has 0 radical (unpaired) electrons. The highest BCUT2D eigenvalue weighted by atomic mass is 16.6. The number of hydrogen-bond donors (Lipinski definition) is 0. The number of hydrogen-bond acceptors (Lipinski definition) is 4. The number of ether oxygens (including phenoxy) is 2. The summed E-state index contributed by atoms with van der Waals surface area (Å²) >= 11 is 0. The van der Waals surface area contributed by atoms with Crippen LogP contribution < -0.4 is 0 Å². The molecule has 0 amide bonds. The number of terminal acetylenes is 1. The van der Waals surface area contributed by atoms with Crippen molar-refractivity contribution in [2.24, 2.45) is 0 Å². The van der Waals surface area contributed by atoms with Gasteiger partial charge in [-0.3, -0.25) is 0 Å². The van der Waals surface area contributed by atoms with E-state index < -0.39 is 0 Å². The third-order valence-corrected chi connectivity index (χ3v) is 4.64. The van der Waals surface area contributed by atoms with Crippen LogP contribution in [0.3, 0.4) is 0 Å². The van der Waals surface area contributed by atoms with Crippen LogP contribution in [0.25, 0.3) is 11.3 Å². The van der Waals surface area contributed by atoms with Crippen LogP contribution in [0.5, 0.6) is 0 Å². The lowest BCUT2D eigenvalue weighted by atomic mass is 9.99. The van der Waals surface area contributed by atoms with E-state index in [9.17, 15) is 0 Å². The minimum Gasteiger partial charge on any atom is -0.376 e. The summed E-state index contributed by atoms with van der Waals surface area (Å²) in [4.78, 5) is 0. The Bertz CT molecular complexity index is 755. The standard InChI is InChI=1S/C20H25N3O2/c1-4-15-7-8-17(13-16(15)5-2)20-19(6-3)23(22-21-20)10-9-18-14-24-11-12-25-18/h1,7-8,13,18H,5-6,9-12,14H2,2-3H3. The van der Waals surface area contributed by atoms with E-state index in [0.717, 1.165) is 48.3 Å². The molecule has 0 N–H and O–H groups in total. The molecule has 2 heterocycles. The largest absolute Gasteiger partial charge is 0.376 e. The molecule has 25 heavy (non-hydrogen) atoms. The Morgan fingerprint density at radius 2 is 2.16 bits per heavy atom. The van der Waals surface area contributed by atoms with E-state index in [-0.39, 0.29) is 6.10 Å². The Labute approximate surface area is 149 Å². The molecule has 1 aromatic heterocycles. The van der Waals surface area contributed by atoms with E-state index in [1.807, 2.05) is 16.8 Å². The van der Waals surface area contributed by atoms with Gasteiger partial charge in [-0.2, -0.15) is 0 Å². The Morgan fingerprint density at radius 1 is 1.28 bits per heavy atom. The van der Waals surface area contributed by atoms with Gasteiger partial charge >= 0.3 is 0 Å². The highest BCUT2D eigenvalue weighted by Gasteiger charge is 2.18. The van der Waals surface area contributed by atoms with E-state index in [1.165, 1.54) is 5.56 Å². The fraction of sp³-hybridized carbons (Fsp3) is 0.500. The van der Waals surface area contributed by atoms with Crippen LogP contribution in [0, 0.1) is 12.3 Å². The van der Waals surface area contributed by atoms with Crippen molar-refractivity contribution >= 4 is 0 Å². The van der Waals surface area contributed by atoms with Gasteiger partial charge in [-0.1, -0.05) is 31.0 Å². The van der Waals surface area contributed by atoms with Gasteiger partial charge in [-0.15, -0.1) is 11.5 Å². The van der Waals surface area contributed by atoms with E-state index in [2.05, 4.69) is 36.1 Å². The summed E-state index contributed by atoms with van der Waals surface area (Å²) < 4.78 is 13.2. The van der Waals surface area contributed by atoms with Crippen LogP contribution >= 0.6 is 0 Å². The van der Waals surface area contributed by atoms with Gasteiger partial charge in [0.15, 0.2) is 0 Å². The number of benzene rings is 1. The average Bonchev–Trinajstić information content (AvgIpc) is 3.09. The molecule has 1 fully saturated rings. The lowest BCUT2D eigenvalue weighted by Gasteiger charge is -2.22. The van der Waals surface area contributed by atoms with Crippen molar-refractivity contribution in [1.82, 2.24) is 15.0 Å². The Balaban J connectivity index is 1.81. The Kier molecular flexibility index (Phi) is 5.85. The summed E-state index contributed by atoms with van der Waals surface area (Å²) in [5, 5.41) is 8.82. The van der Waals surface area contributed by atoms with Gasteiger partial charge in [0.1, 0.15) is 5.69 Å². The van der Waals surface area contributed by atoms with Crippen molar-refractivity contribution in [2.45, 2.75) is 45.8 Å². The molecule has 1 aromatic carbocycles. The lowest BCUT2D eigenvalue weighted by molar-refractivity contribution is -0.0920. The maximum Gasteiger partial charge on any atom is 0.116 e. The van der Waals surface area contributed by atoms with Crippen molar-refractivity contribution in [3.63, 3.8) is 0 Å². The van der Waals surface area contributed by atoms with Crippen LogP contribution in [-0.4, -0.2) is 40.9 Å². The summed E-state index contributed by atoms with van der Waals surface area (Å²) in [7, 11) is 0. The first-order valence-electron chi connectivity index (χ1n) is 8.98. The molecule has 1 aliphatic heterocycles. The summed E-state index contributed by atoms with van der Waals surface area (Å²) in [5.41, 5.74) is 5.29.